The summed E-state index contributed by atoms with van der Waals surface area (Å²) < 4.78 is 3.59. The molecule has 0 fully saturated rings. The lowest BCUT2D eigenvalue weighted by Gasteiger charge is -2.00. The molecule has 0 amide bonds. The van der Waals surface area contributed by atoms with Crippen molar-refractivity contribution in [2.24, 2.45) is 0 Å². The van der Waals surface area contributed by atoms with Crippen molar-refractivity contribution >= 4 is 0 Å². The van der Waals surface area contributed by atoms with Crippen molar-refractivity contribution in [1.29, 1.82) is 0 Å². The summed E-state index contributed by atoms with van der Waals surface area (Å²) in [4.78, 5) is 4.30. The van der Waals surface area contributed by atoms with Crippen molar-refractivity contribution in [1.82, 2.24) is 29.8 Å². The van der Waals surface area contributed by atoms with Gasteiger partial charge in [-0.2, -0.15) is 5.10 Å². The number of nitrogens with zero attached hydrogens (tertiary/aromatic N) is 6. The standard InChI is InChI=1S/C13H14N6O/c20-10-11-3-1-4-12(15-11)13-9-19(17-16-13)8-7-18-6-2-5-14-18/h1-6,9,20H,7-8,10H2. The zero-order valence-electron chi connectivity index (χ0n) is 10.8. The Morgan fingerprint density at radius 2 is 1.95 bits per heavy atom. The highest BCUT2D eigenvalue weighted by atomic mass is 16.3. The fourth-order valence-corrected chi connectivity index (χ4v) is 1.87. The molecular formula is C13H14N6O. The van der Waals surface area contributed by atoms with Gasteiger partial charge < -0.3 is 5.11 Å². The minimum atomic E-state index is -0.0821. The zero-order chi connectivity index (χ0) is 13.8. The smallest absolute Gasteiger partial charge is 0.131 e. The summed E-state index contributed by atoms with van der Waals surface area (Å²) in [5.41, 5.74) is 2.02. The lowest BCUT2D eigenvalue weighted by molar-refractivity contribution is 0.277. The number of aliphatic hydroxyl groups excluding tert-OH is 1. The quantitative estimate of drug-likeness (QED) is 0.739. The Labute approximate surface area is 115 Å². The molecule has 0 unspecified atom stereocenters. The van der Waals surface area contributed by atoms with Crippen LogP contribution in [-0.4, -0.2) is 34.9 Å². The summed E-state index contributed by atoms with van der Waals surface area (Å²) in [5.74, 6) is 0. The largest absolute Gasteiger partial charge is 0.390 e. The highest BCUT2D eigenvalue weighted by Gasteiger charge is 2.06. The molecule has 0 bridgehead atoms. The molecule has 0 radical (unpaired) electrons. The van der Waals surface area contributed by atoms with E-state index in [0.717, 1.165) is 6.54 Å². The Morgan fingerprint density at radius 1 is 1.05 bits per heavy atom. The molecule has 3 heterocycles. The number of aryl methyl sites for hydroxylation is 2. The van der Waals surface area contributed by atoms with Gasteiger partial charge in [-0.25, -0.2) is 9.67 Å². The highest BCUT2D eigenvalue weighted by molar-refractivity contribution is 5.52. The molecule has 3 rings (SSSR count). The van der Waals surface area contributed by atoms with E-state index in [2.05, 4.69) is 20.4 Å². The topological polar surface area (TPSA) is 81.7 Å². The van der Waals surface area contributed by atoms with Crippen LogP contribution in [0.1, 0.15) is 5.69 Å². The van der Waals surface area contributed by atoms with E-state index < -0.39 is 0 Å². The van der Waals surface area contributed by atoms with Crippen LogP contribution in [-0.2, 0) is 19.7 Å². The Bertz CT molecular complexity index is 676. The van der Waals surface area contributed by atoms with E-state index in [0.29, 0.717) is 23.6 Å². The summed E-state index contributed by atoms with van der Waals surface area (Å²) in [6.07, 6.45) is 5.49. The Morgan fingerprint density at radius 3 is 2.75 bits per heavy atom. The number of aromatic nitrogens is 6. The zero-order valence-corrected chi connectivity index (χ0v) is 10.8. The first-order valence-corrected chi connectivity index (χ1v) is 6.30. The van der Waals surface area contributed by atoms with Crippen LogP contribution >= 0.6 is 0 Å². The van der Waals surface area contributed by atoms with Crippen molar-refractivity contribution < 1.29 is 5.11 Å². The fraction of sp³-hybridized carbons (Fsp3) is 0.231. The summed E-state index contributed by atoms with van der Waals surface area (Å²) in [5, 5.41) is 21.4. The van der Waals surface area contributed by atoms with Gasteiger partial charge in [-0.15, -0.1) is 5.10 Å². The van der Waals surface area contributed by atoms with Gasteiger partial charge in [0.2, 0.25) is 0 Å². The van der Waals surface area contributed by atoms with Crippen molar-refractivity contribution in [3.63, 3.8) is 0 Å². The molecule has 0 saturated carbocycles. The Kier molecular flexibility index (Phi) is 3.51. The second-order valence-electron chi connectivity index (χ2n) is 4.31. The molecule has 7 heteroatoms. The molecule has 0 aliphatic rings. The van der Waals surface area contributed by atoms with Gasteiger partial charge in [-0.1, -0.05) is 11.3 Å². The Balaban J connectivity index is 1.72. The van der Waals surface area contributed by atoms with Crippen LogP contribution in [0.5, 0.6) is 0 Å². The molecule has 102 valence electrons. The third kappa shape index (κ3) is 2.72. The van der Waals surface area contributed by atoms with Crippen molar-refractivity contribution in [2.75, 3.05) is 0 Å². The maximum absolute atomic E-state index is 9.09. The molecule has 3 aromatic heterocycles. The third-order valence-corrected chi connectivity index (χ3v) is 2.89. The second kappa shape index (κ2) is 5.62. The van der Waals surface area contributed by atoms with Crippen LogP contribution in [0.2, 0.25) is 0 Å². The van der Waals surface area contributed by atoms with Gasteiger partial charge in [0.15, 0.2) is 0 Å². The molecular weight excluding hydrogens is 256 g/mol. The van der Waals surface area contributed by atoms with E-state index in [9.17, 15) is 0 Å². The number of pyridine rings is 1. The number of aliphatic hydroxyl groups is 1. The van der Waals surface area contributed by atoms with Crippen LogP contribution in [0, 0.1) is 0 Å². The molecule has 1 N–H and O–H groups in total. The normalized spacial score (nSPS) is 10.8. The molecule has 0 spiro atoms. The third-order valence-electron chi connectivity index (χ3n) is 2.89. The summed E-state index contributed by atoms with van der Waals surface area (Å²) in [6.45, 7) is 1.34. The molecule has 0 aromatic carbocycles. The molecule has 7 nitrogen and oxygen atoms in total. The van der Waals surface area contributed by atoms with E-state index >= 15 is 0 Å². The lowest BCUT2D eigenvalue weighted by Crippen LogP contribution is -2.08. The van der Waals surface area contributed by atoms with E-state index in [-0.39, 0.29) is 6.61 Å². The average Bonchev–Trinajstić information content (AvgIpc) is 3.16. The molecule has 0 saturated heterocycles. The van der Waals surface area contributed by atoms with Gasteiger partial charge in [0, 0.05) is 12.4 Å². The van der Waals surface area contributed by atoms with Crippen molar-refractivity contribution in [2.45, 2.75) is 19.7 Å². The Hall–Kier alpha value is -2.54. The number of hydrogen-bond donors (Lipinski definition) is 1. The molecule has 20 heavy (non-hydrogen) atoms. The number of hydrogen-bond acceptors (Lipinski definition) is 5. The van der Waals surface area contributed by atoms with E-state index in [1.165, 1.54) is 0 Å². The maximum atomic E-state index is 9.09. The van der Waals surface area contributed by atoms with Gasteiger partial charge in [0.1, 0.15) is 5.69 Å². The van der Waals surface area contributed by atoms with Crippen molar-refractivity contribution in [3.8, 4) is 11.4 Å². The van der Waals surface area contributed by atoms with Gasteiger partial charge in [-0.3, -0.25) is 4.68 Å². The lowest BCUT2D eigenvalue weighted by atomic mass is 10.2. The second-order valence-corrected chi connectivity index (χ2v) is 4.31. The molecule has 3 aromatic rings. The molecule has 0 aliphatic heterocycles. The fourth-order valence-electron chi connectivity index (χ4n) is 1.87. The monoisotopic (exact) mass is 270 g/mol. The van der Waals surface area contributed by atoms with Crippen molar-refractivity contribution in [3.05, 3.63) is 48.5 Å². The van der Waals surface area contributed by atoms with Crippen LogP contribution in [0.25, 0.3) is 11.4 Å². The van der Waals surface area contributed by atoms with E-state index in [1.807, 2.05) is 35.3 Å². The van der Waals surface area contributed by atoms with Gasteiger partial charge in [0.05, 0.1) is 37.3 Å². The van der Waals surface area contributed by atoms with E-state index in [4.69, 9.17) is 5.11 Å². The SMILES string of the molecule is OCc1cccc(-c2cn(CCn3cccn3)nn2)n1. The summed E-state index contributed by atoms with van der Waals surface area (Å²) in [6, 6.07) is 7.35. The minimum absolute atomic E-state index is 0.0821. The summed E-state index contributed by atoms with van der Waals surface area (Å²) in [7, 11) is 0. The van der Waals surface area contributed by atoms with Crippen LogP contribution in [0.4, 0.5) is 0 Å². The van der Waals surface area contributed by atoms with Gasteiger partial charge in [0.25, 0.3) is 0 Å². The van der Waals surface area contributed by atoms with Gasteiger partial charge >= 0.3 is 0 Å². The first kappa shape index (κ1) is 12.5. The van der Waals surface area contributed by atoms with Crippen LogP contribution in [0.15, 0.2) is 42.9 Å². The average molecular weight is 270 g/mol. The molecule has 0 aliphatic carbocycles. The highest BCUT2D eigenvalue weighted by Crippen LogP contribution is 2.13. The summed E-state index contributed by atoms with van der Waals surface area (Å²) >= 11 is 0. The predicted octanol–water partition coefficient (Wildman–Crippen LogP) is 0.729. The minimum Gasteiger partial charge on any atom is -0.390 e. The number of rotatable bonds is 5. The van der Waals surface area contributed by atoms with Gasteiger partial charge in [-0.05, 0) is 18.2 Å². The molecule has 0 atom stereocenters. The first-order valence-electron chi connectivity index (χ1n) is 6.30. The predicted molar refractivity (Wildman–Crippen MR) is 71.4 cm³/mol. The maximum Gasteiger partial charge on any atom is 0.131 e. The van der Waals surface area contributed by atoms with Crippen LogP contribution in [0.3, 0.4) is 0 Å². The first-order chi connectivity index (χ1) is 9.85. The van der Waals surface area contributed by atoms with Crippen LogP contribution < -0.4 is 0 Å². The van der Waals surface area contributed by atoms with E-state index in [1.54, 1.807) is 16.9 Å².